The second-order valence-electron chi connectivity index (χ2n) is 2.13. The summed E-state index contributed by atoms with van der Waals surface area (Å²) < 4.78 is 36.4. The summed E-state index contributed by atoms with van der Waals surface area (Å²) >= 11 is 0. The van der Waals surface area contributed by atoms with E-state index in [9.17, 15) is 13.2 Å². The van der Waals surface area contributed by atoms with E-state index < -0.39 is 12.1 Å². The molecule has 1 heterocycles. The Morgan fingerprint density at radius 2 is 2.07 bits per heavy atom. The van der Waals surface area contributed by atoms with Crippen molar-refractivity contribution in [2.24, 2.45) is 0 Å². The number of carboxylic acid groups (broad SMARTS) is 1. The maximum Gasteiger partial charge on any atom is 0.490 e. The number of halogens is 3. The maximum atomic E-state index is 10.6. The van der Waals surface area contributed by atoms with Crippen molar-refractivity contribution in [2.45, 2.75) is 12.8 Å². The number of anilines is 1. The number of aliphatic hydroxyl groups excluding tert-OH is 1. The van der Waals surface area contributed by atoms with Gasteiger partial charge in [-0.15, -0.1) is 0 Å². The number of aliphatic hydroxyl groups is 1. The van der Waals surface area contributed by atoms with Crippen LogP contribution in [0.1, 0.15) is 5.76 Å². The number of carbonyl (C=O) groups is 1. The first kappa shape index (κ1) is 13.2. The average Bonchev–Trinajstić information content (AvgIpc) is 2.50. The fourth-order valence-electron chi connectivity index (χ4n) is 0.396. The van der Waals surface area contributed by atoms with Crippen molar-refractivity contribution in [1.82, 2.24) is 4.98 Å². The molecule has 0 aliphatic heterocycles. The first-order valence-electron chi connectivity index (χ1n) is 3.38. The van der Waals surface area contributed by atoms with Crippen molar-refractivity contribution < 1.29 is 32.6 Å². The molecule has 9 heteroatoms. The van der Waals surface area contributed by atoms with Crippen LogP contribution in [0, 0.1) is 0 Å². The predicted molar refractivity (Wildman–Crippen MR) is 40.5 cm³/mol. The number of nitrogens with two attached hydrogens (primary N) is 1. The zero-order chi connectivity index (χ0) is 12.1. The van der Waals surface area contributed by atoms with Gasteiger partial charge in [-0.2, -0.15) is 13.2 Å². The van der Waals surface area contributed by atoms with Crippen LogP contribution in [0.25, 0.3) is 0 Å². The molecule has 15 heavy (non-hydrogen) atoms. The first-order valence-corrected chi connectivity index (χ1v) is 3.38. The topological polar surface area (TPSA) is 110 Å². The van der Waals surface area contributed by atoms with E-state index in [2.05, 4.69) is 9.40 Å². The summed E-state index contributed by atoms with van der Waals surface area (Å²) in [7, 11) is 0. The molecule has 86 valence electrons. The van der Waals surface area contributed by atoms with Gasteiger partial charge in [0.2, 0.25) is 0 Å². The number of aromatic nitrogens is 1. The number of oxazole rings is 1. The molecule has 0 unspecified atom stereocenters. The molecule has 0 aromatic carbocycles. The van der Waals surface area contributed by atoms with Crippen molar-refractivity contribution >= 4 is 12.0 Å². The van der Waals surface area contributed by atoms with Gasteiger partial charge in [0.1, 0.15) is 6.61 Å². The summed E-state index contributed by atoms with van der Waals surface area (Å²) in [5.41, 5.74) is 5.07. The largest absolute Gasteiger partial charge is 0.490 e. The standard InChI is InChI=1S/C4H6N2O2.C2HF3O2/c5-4-6-1-3(2-7)8-4;3-2(4,5)1(6)7/h1,7H,2H2,(H2,5,6);(H,6,7). The maximum absolute atomic E-state index is 10.6. The first-order chi connectivity index (χ1) is 6.77. The van der Waals surface area contributed by atoms with E-state index in [0.29, 0.717) is 5.76 Å². The highest BCUT2D eigenvalue weighted by atomic mass is 19.4. The summed E-state index contributed by atoms with van der Waals surface area (Å²) in [6.45, 7) is -0.149. The van der Waals surface area contributed by atoms with Crippen LogP contribution in [-0.2, 0) is 11.4 Å². The summed E-state index contributed by atoms with van der Waals surface area (Å²) in [5.74, 6) is -2.37. The number of carboxylic acids is 1. The second kappa shape index (κ2) is 5.20. The summed E-state index contributed by atoms with van der Waals surface area (Å²) in [6, 6.07) is 0.0917. The fourth-order valence-corrected chi connectivity index (χ4v) is 0.396. The third-order valence-electron chi connectivity index (χ3n) is 0.970. The lowest BCUT2D eigenvalue weighted by molar-refractivity contribution is -0.192. The van der Waals surface area contributed by atoms with Gasteiger partial charge in [-0.05, 0) is 0 Å². The Bertz CT molecular complexity index is 322. The highest BCUT2D eigenvalue weighted by molar-refractivity contribution is 5.73. The van der Waals surface area contributed by atoms with Gasteiger partial charge in [0.25, 0.3) is 6.01 Å². The van der Waals surface area contributed by atoms with Gasteiger partial charge in [-0.3, -0.25) is 0 Å². The average molecular weight is 228 g/mol. The molecule has 0 aliphatic carbocycles. The van der Waals surface area contributed by atoms with E-state index in [1.54, 1.807) is 0 Å². The number of nitrogen functional groups attached to an aromatic ring is 1. The van der Waals surface area contributed by atoms with Crippen molar-refractivity contribution in [2.75, 3.05) is 5.73 Å². The number of aliphatic carboxylic acids is 1. The molecule has 0 fully saturated rings. The van der Waals surface area contributed by atoms with Crippen LogP contribution < -0.4 is 5.73 Å². The minimum absolute atomic E-state index is 0.0917. The Hall–Kier alpha value is -1.77. The molecule has 1 aromatic heterocycles. The molecular formula is C6H7F3N2O4. The molecule has 4 N–H and O–H groups in total. The van der Waals surface area contributed by atoms with Crippen LogP contribution in [0.5, 0.6) is 0 Å². The fraction of sp³-hybridized carbons (Fsp3) is 0.333. The number of hydrogen-bond donors (Lipinski definition) is 3. The van der Waals surface area contributed by atoms with E-state index in [4.69, 9.17) is 20.7 Å². The quantitative estimate of drug-likeness (QED) is 0.641. The van der Waals surface area contributed by atoms with E-state index >= 15 is 0 Å². The molecule has 0 saturated carbocycles. The molecule has 1 aromatic rings. The Morgan fingerprint density at radius 1 is 1.60 bits per heavy atom. The van der Waals surface area contributed by atoms with Crippen LogP contribution in [-0.4, -0.2) is 27.3 Å². The molecule has 0 bridgehead atoms. The second-order valence-corrected chi connectivity index (χ2v) is 2.13. The van der Waals surface area contributed by atoms with Crippen LogP contribution in [0.3, 0.4) is 0 Å². The molecule has 0 radical (unpaired) electrons. The van der Waals surface area contributed by atoms with Crippen LogP contribution in [0.15, 0.2) is 10.6 Å². The van der Waals surface area contributed by atoms with E-state index in [-0.39, 0.29) is 12.6 Å². The molecular weight excluding hydrogens is 221 g/mol. The lowest BCUT2D eigenvalue weighted by atomic mass is 10.6. The zero-order valence-corrected chi connectivity index (χ0v) is 7.15. The van der Waals surface area contributed by atoms with Crippen LogP contribution in [0.2, 0.25) is 0 Å². The van der Waals surface area contributed by atoms with Gasteiger partial charge in [-0.1, -0.05) is 0 Å². The summed E-state index contributed by atoms with van der Waals surface area (Å²) in [4.78, 5) is 12.4. The monoisotopic (exact) mass is 228 g/mol. The Labute approximate surface area is 81.1 Å². The number of hydrogen-bond acceptors (Lipinski definition) is 5. The normalized spacial score (nSPS) is 10.4. The lowest BCUT2D eigenvalue weighted by Gasteiger charge is -1.93. The molecule has 0 spiro atoms. The Kier molecular flexibility index (Phi) is 4.58. The minimum atomic E-state index is -5.08. The predicted octanol–water partition coefficient (Wildman–Crippen LogP) is 0.382. The molecule has 0 atom stereocenters. The SMILES string of the molecule is Nc1ncc(CO)o1.O=C(O)C(F)(F)F. The van der Waals surface area contributed by atoms with Crippen molar-refractivity contribution in [3.63, 3.8) is 0 Å². The number of alkyl halides is 3. The van der Waals surface area contributed by atoms with Crippen LogP contribution >= 0.6 is 0 Å². The minimum Gasteiger partial charge on any atom is -0.475 e. The highest BCUT2D eigenvalue weighted by Gasteiger charge is 2.38. The van der Waals surface area contributed by atoms with Gasteiger partial charge in [0, 0.05) is 0 Å². The van der Waals surface area contributed by atoms with Gasteiger partial charge in [0.05, 0.1) is 6.20 Å². The molecule has 0 amide bonds. The van der Waals surface area contributed by atoms with E-state index in [1.165, 1.54) is 6.20 Å². The van der Waals surface area contributed by atoms with Crippen molar-refractivity contribution in [3.05, 3.63) is 12.0 Å². The van der Waals surface area contributed by atoms with E-state index in [0.717, 1.165) is 0 Å². The highest BCUT2D eigenvalue weighted by Crippen LogP contribution is 2.13. The Balaban J connectivity index is 0.000000265. The smallest absolute Gasteiger partial charge is 0.475 e. The van der Waals surface area contributed by atoms with E-state index in [1.807, 2.05) is 0 Å². The molecule has 0 saturated heterocycles. The molecule has 1 rings (SSSR count). The molecule has 0 aliphatic rings. The van der Waals surface area contributed by atoms with Gasteiger partial charge < -0.3 is 20.4 Å². The Morgan fingerprint density at radius 3 is 2.20 bits per heavy atom. The van der Waals surface area contributed by atoms with Crippen molar-refractivity contribution in [1.29, 1.82) is 0 Å². The van der Waals surface area contributed by atoms with Gasteiger partial charge in [0.15, 0.2) is 5.76 Å². The zero-order valence-electron chi connectivity index (χ0n) is 7.15. The van der Waals surface area contributed by atoms with Crippen molar-refractivity contribution in [3.8, 4) is 0 Å². The number of rotatable bonds is 1. The third kappa shape index (κ3) is 5.52. The summed E-state index contributed by atoms with van der Waals surface area (Å²) in [6.07, 6.45) is -3.70. The third-order valence-corrected chi connectivity index (χ3v) is 0.970. The van der Waals surface area contributed by atoms with Crippen LogP contribution in [0.4, 0.5) is 19.2 Å². The van der Waals surface area contributed by atoms with Gasteiger partial charge >= 0.3 is 12.1 Å². The van der Waals surface area contributed by atoms with Gasteiger partial charge in [-0.25, -0.2) is 9.78 Å². The lowest BCUT2D eigenvalue weighted by Crippen LogP contribution is -2.21. The number of nitrogens with zero attached hydrogens (tertiary/aromatic N) is 1. The molecule has 6 nitrogen and oxygen atoms in total. The summed E-state index contributed by atoms with van der Waals surface area (Å²) in [5, 5.41) is 15.5.